The molecule has 1 rings (SSSR count). The van der Waals surface area contributed by atoms with Crippen LogP contribution in [0.4, 0.5) is 0 Å². The standard InChI is InChI=1S/C6H7ClNO/c1-5-2-3-6(7)4-8(5)9/h2-4,9H,1H3/q+1. The van der Waals surface area contributed by atoms with E-state index in [0.717, 1.165) is 10.4 Å². The van der Waals surface area contributed by atoms with Crippen LogP contribution < -0.4 is 4.73 Å². The van der Waals surface area contributed by atoms with E-state index in [2.05, 4.69) is 0 Å². The minimum absolute atomic E-state index is 0.531. The fraction of sp³-hybridized carbons (Fsp3) is 0.167. The molecule has 1 aromatic heterocycles. The summed E-state index contributed by atoms with van der Waals surface area (Å²) < 4.78 is 0.988. The van der Waals surface area contributed by atoms with Gasteiger partial charge < -0.3 is 0 Å². The Hall–Kier alpha value is -0.760. The van der Waals surface area contributed by atoms with Gasteiger partial charge in [0.15, 0.2) is 0 Å². The van der Waals surface area contributed by atoms with Crippen LogP contribution in [0.5, 0.6) is 0 Å². The Bertz CT molecular complexity index is 224. The summed E-state index contributed by atoms with van der Waals surface area (Å²) in [6.45, 7) is 1.79. The van der Waals surface area contributed by atoms with Gasteiger partial charge in [0.1, 0.15) is 5.02 Å². The fourth-order valence-corrected chi connectivity index (χ4v) is 0.694. The third-order valence-electron chi connectivity index (χ3n) is 1.09. The van der Waals surface area contributed by atoms with E-state index in [4.69, 9.17) is 16.8 Å². The maximum absolute atomic E-state index is 8.93. The van der Waals surface area contributed by atoms with Gasteiger partial charge in [0, 0.05) is 17.7 Å². The summed E-state index contributed by atoms with van der Waals surface area (Å²) in [6, 6.07) is 3.46. The van der Waals surface area contributed by atoms with E-state index < -0.39 is 0 Å². The molecule has 0 bridgehead atoms. The molecule has 0 saturated carbocycles. The van der Waals surface area contributed by atoms with Crippen molar-refractivity contribution in [1.82, 2.24) is 0 Å². The molecule has 1 heterocycles. The summed E-state index contributed by atoms with van der Waals surface area (Å²) >= 11 is 5.54. The summed E-state index contributed by atoms with van der Waals surface area (Å²) in [7, 11) is 0. The van der Waals surface area contributed by atoms with Crippen LogP contribution in [0.25, 0.3) is 0 Å². The lowest BCUT2D eigenvalue weighted by Crippen LogP contribution is -2.32. The van der Waals surface area contributed by atoms with Crippen LogP contribution in [0.1, 0.15) is 5.69 Å². The molecule has 0 aliphatic heterocycles. The summed E-state index contributed by atoms with van der Waals surface area (Å²) in [5.41, 5.74) is 0.763. The van der Waals surface area contributed by atoms with Gasteiger partial charge in [0.05, 0.1) is 0 Å². The van der Waals surface area contributed by atoms with Crippen molar-refractivity contribution < 1.29 is 9.94 Å². The van der Waals surface area contributed by atoms with Crippen molar-refractivity contribution >= 4 is 11.6 Å². The number of nitrogens with zero attached hydrogens (tertiary/aromatic N) is 1. The monoisotopic (exact) mass is 144 g/mol. The van der Waals surface area contributed by atoms with E-state index in [1.54, 1.807) is 19.1 Å². The third kappa shape index (κ3) is 1.33. The van der Waals surface area contributed by atoms with Gasteiger partial charge in [0.2, 0.25) is 11.9 Å². The van der Waals surface area contributed by atoms with Gasteiger partial charge in [-0.3, -0.25) is 5.21 Å². The molecule has 0 fully saturated rings. The minimum Gasteiger partial charge on any atom is -0.285 e. The van der Waals surface area contributed by atoms with Crippen molar-refractivity contribution in [2.75, 3.05) is 0 Å². The largest absolute Gasteiger partial charge is 0.285 e. The second-order valence-corrected chi connectivity index (χ2v) is 2.27. The fourth-order valence-electron chi connectivity index (χ4n) is 0.538. The van der Waals surface area contributed by atoms with Crippen molar-refractivity contribution in [2.45, 2.75) is 6.92 Å². The normalized spacial score (nSPS) is 9.56. The first kappa shape index (κ1) is 6.36. The number of rotatable bonds is 0. The Balaban J connectivity index is 3.17. The van der Waals surface area contributed by atoms with Crippen molar-refractivity contribution in [1.29, 1.82) is 0 Å². The van der Waals surface area contributed by atoms with E-state index in [1.807, 2.05) is 0 Å². The topological polar surface area (TPSA) is 24.1 Å². The van der Waals surface area contributed by atoms with Crippen LogP contribution >= 0.6 is 11.6 Å². The Morgan fingerprint density at radius 3 is 2.67 bits per heavy atom. The number of aryl methyl sites for hydroxylation is 1. The molecular formula is C6H7ClNO+. The van der Waals surface area contributed by atoms with Crippen molar-refractivity contribution in [3.8, 4) is 0 Å². The zero-order valence-corrected chi connectivity index (χ0v) is 5.76. The third-order valence-corrected chi connectivity index (χ3v) is 1.31. The first-order chi connectivity index (χ1) is 4.20. The average Bonchev–Trinajstić information content (AvgIpc) is 1.80. The molecule has 0 amide bonds. The maximum atomic E-state index is 8.93. The van der Waals surface area contributed by atoms with E-state index in [-0.39, 0.29) is 0 Å². The molecule has 0 saturated heterocycles. The number of halogens is 1. The van der Waals surface area contributed by atoms with Crippen LogP contribution in [0.3, 0.4) is 0 Å². The Labute approximate surface area is 58.3 Å². The molecule has 0 spiro atoms. The number of hydrogen-bond acceptors (Lipinski definition) is 1. The Kier molecular flexibility index (Phi) is 1.58. The van der Waals surface area contributed by atoms with Gasteiger partial charge in [-0.15, -0.1) is 0 Å². The molecule has 1 aromatic rings. The zero-order chi connectivity index (χ0) is 6.85. The van der Waals surface area contributed by atoms with Crippen LogP contribution in [-0.2, 0) is 0 Å². The van der Waals surface area contributed by atoms with Gasteiger partial charge in [-0.1, -0.05) is 11.6 Å². The molecule has 0 atom stereocenters. The molecule has 48 valence electrons. The zero-order valence-electron chi connectivity index (χ0n) is 5.00. The Morgan fingerprint density at radius 1 is 1.56 bits per heavy atom. The van der Waals surface area contributed by atoms with Crippen LogP contribution in [-0.4, -0.2) is 5.21 Å². The lowest BCUT2D eigenvalue weighted by atomic mass is 10.4. The number of aromatic nitrogens is 1. The molecule has 0 unspecified atom stereocenters. The van der Waals surface area contributed by atoms with Gasteiger partial charge in [0.25, 0.3) is 0 Å². The molecule has 1 N–H and O–H groups in total. The van der Waals surface area contributed by atoms with Gasteiger partial charge in [-0.2, -0.15) is 0 Å². The van der Waals surface area contributed by atoms with Gasteiger partial charge in [-0.25, -0.2) is 0 Å². The van der Waals surface area contributed by atoms with Crippen LogP contribution in [0, 0.1) is 6.92 Å². The van der Waals surface area contributed by atoms with E-state index in [9.17, 15) is 0 Å². The van der Waals surface area contributed by atoms with Crippen molar-refractivity contribution in [3.63, 3.8) is 0 Å². The second kappa shape index (κ2) is 2.23. The number of hydrogen-bond donors (Lipinski definition) is 1. The first-order valence-corrected chi connectivity index (χ1v) is 2.95. The van der Waals surface area contributed by atoms with Gasteiger partial charge >= 0.3 is 0 Å². The van der Waals surface area contributed by atoms with E-state index in [1.165, 1.54) is 6.20 Å². The highest BCUT2D eigenvalue weighted by atomic mass is 35.5. The molecule has 2 nitrogen and oxygen atoms in total. The summed E-state index contributed by atoms with van der Waals surface area (Å²) in [5.74, 6) is 0. The quantitative estimate of drug-likeness (QED) is 0.429. The predicted molar refractivity (Wildman–Crippen MR) is 33.6 cm³/mol. The lowest BCUT2D eigenvalue weighted by molar-refractivity contribution is -0.908. The molecule has 9 heavy (non-hydrogen) atoms. The van der Waals surface area contributed by atoms with E-state index in [0.29, 0.717) is 5.02 Å². The molecular weight excluding hydrogens is 138 g/mol. The molecule has 0 radical (unpaired) electrons. The molecule has 0 aliphatic rings. The SMILES string of the molecule is Cc1ccc(Cl)c[n+]1O. The van der Waals surface area contributed by atoms with Gasteiger partial charge in [-0.05, 0) is 6.07 Å². The predicted octanol–water partition coefficient (Wildman–Crippen LogP) is 1.17. The highest BCUT2D eigenvalue weighted by Crippen LogP contribution is 2.02. The van der Waals surface area contributed by atoms with Crippen LogP contribution in [0.2, 0.25) is 5.02 Å². The number of pyridine rings is 1. The minimum atomic E-state index is 0.531. The van der Waals surface area contributed by atoms with Crippen molar-refractivity contribution in [3.05, 3.63) is 29.0 Å². The first-order valence-electron chi connectivity index (χ1n) is 2.57. The average molecular weight is 145 g/mol. The summed E-state index contributed by atoms with van der Waals surface area (Å²) in [6.07, 6.45) is 1.44. The summed E-state index contributed by atoms with van der Waals surface area (Å²) in [4.78, 5) is 0. The Morgan fingerprint density at radius 2 is 2.22 bits per heavy atom. The molecule has 3 heteroatoms. The summed E-state index contributed by atoms with van der Waals surface area (Å²) in [5, 5.41) is 9.46. The smallest absolute Gasteiger partial charge is 0.241 e. The van der Waals surface area contributed by atoms with E-state index >= 15 is 0 Å². The van der Waals surface area contributed by atoms with Crippen molar-refractivity contribution in [2.24, 2.45) is 0 Å². The second-order valence-electron chi connectivity index (χ2n) is 1.83. The molecule has 0 aromatic carbocycles. The highest BCUT2D eigenvalue weighted by molar-refractivity contribution is 6.30. The lowest BCUT2D eigenvalue weighted by Gasteiger charge is -1.87. The molecule has 0 aliphatic carbocycles. The van der Waals surface area contributed by atoms with Crippen LogP contribution in [0.15, 0.2) is 18.3 Å². The maximum Gasteiger partial charge on any atom is 0.241 e. The highest BCUT2D eigenvalue weighted by Gasteiger charge is 2.02.